The first-order valence-electron chi connectivity index (χ1n) is 10.0. The van der Waals surface area contributed by atoms with Crippen molar-refractivity contribution in [1.29, 1.82) is 0 Å². The first-order chi connectivity index (χ1) is 13.8. The van der Waals surface area contributed by atoms with Gasteiger partial charge in [0.05, 0.1) is 0 Å². The van der Waals surface area contributed by atoms with Crippen LogP contribution in [0, 0.1) is 0 Å². The monoisotopic (exact) mass is 361 g/mol. The van der Waals surface area contributed by atoms with E-state index < -0.39 is 0 Å². The van der Waals surface area contributed by atoms with Crippen LogP contribution in [0.25, 0.3) is 44.1 Å². The fourth-order valence-electron chi connectivity index (χ4n) is 4.19. The molecule has 4 aromatic carbocycles. The van der Waals surface area contributed by atoms with Crippen LogP contribution in [0.4, 0.5) is 0 Å². The van der Waals surface area contributed by atoms with Gasteiger partial charge in [0.25, 0.3) is 0 Å². The van der Waals surface area contributed by atoms with Gasteiger partial charge in [0, 0.05) is 28.4 Å². The summed E-state index contributed by atoms with van der Waals surface area (Å²) < 4.78 is 2.47. The number of fused-ring (bicyclic) bond motifs is 3. The zero-order valence-corrected chi connectivity index (χ0v) is 16.1. The second-order valence-electron chi connectivity index (χ2n) is 7.35. The molecule has 1 nitrogen and oxygen atoms in total. The topological polar surface area (TPSA) is 4.93 Å². The Labute approximate surface area is 165 Å². The summed E-state index contributed by atoms with van der Waals surface area (Å²) in [5, 5.41) is 2.67. The molecule has 0 saturated heterocycles. The van der Waals surface area contributed by atoms with Crippen LogP contribution in [-0.2, 0) is 6.54 Å². The molecule has 0 fully saturated rings. The summed E-state index contributed by atoms with van der Waals surface area (Å²) in [4.78, 5) is 0. The lowest BCUT2D eigenvalue weighted by atomic mass is 10.0. The van der Waals surface area contributed by atoms with E-state index >= 15 is 0 Å². The lowest BCUT2D eigenvalue weighted by Crippen LogP contribution is -1.95. The van der Waals surface area contributed by atoms with Crippen molar-refractivity contribution in [2.75, 3.05) is 0 Å². The summed E-state index contributed by atoms with van der Waals surface area (Å²) in [7, 11) is 0. The molecule has 0 radical (unpaired) electrons. The summed E-state index contributed by atoms with van der Waals surface area (Å²) in [6, 6.07) is 35.1. The van der Waals surface area contributed by atoms with Gasteiger partial charge in [0.1, 0.15) is 0 Å². The Balaban J connectivity index is 1.78. The molecule has 0 aliphatic rings. The number of hydrogen-bond acceptors (Lipinski definition) is 0. The van der Waals surface area contributed by atoms with Gasteiger partial charge in [-0.25, -0.2) is 0 Å². The molecule has 0 unspecified atom stereocenters. The normalized spacial score (nSPS) is 11.3. The van der Waals surface area contributed by atoms with Gasteiger partial charge in [-0.2, -0.15) is 0 Å². The van der Waals surface area contributed by atoms with Gasteiger partial charge in [0.15, 0.2) is 0 Å². The third-order valence-corrected chi connectivity index (χ3v) is 5.53. The van der Waals surface area contributed by atoms with Crippen molar-refractivity contribution >= 4 is 21.8 Å². The Morgan fingerprint density at radius 3 is 1.43 bits per heavy atom. The van der Waals surface area contributed by atoms with E-state index in [9.17, 15) is 0 Å². The van der Waals surface area contributed by atoms with Gasteiger partial charge in [-0.05, 0) is 52.9 Å². The quantitative estimate of drug-likeness (QED) is 0.311. The number of aryl methyl sites for hydroxylation is 1. The highest BCUT2D eigenvalue weighted by atomic mass is 15.0. The van der Waals surface area contributed by atoms with Crippen LogP contribution < -0.4 is 0 Å². The molecule has 0 bridgehead atoms. The predicted octanol–water partition coefficient (Wildman–Crippen LogP) is 7.54. The molecule has 0 N–H and O–H groups in total. The molecular weight excluding hydrogens is 338 g/mol. The van der Waals surface area contributed by atoms with Crippen LogP contribution in [0.15, 0.2) is 97.1 Å². The van der Waals surface area contributed by atoms with Gasteiger partial charge in [0.2, 0.25) is 0 Å². The van der Waals surface area contributed by atoms with E-state index in [2.05, 4.69) is 109 Å². The Bertz CT molecular complexity index is 1150. The minimum absolute atomic E-state index is 1.04. The summed E-state index contributed by atoms with van der Waals surface area (Å²) in [5.74, 6) is 0. The van der Waals surface area contributed by atoms with E-state index in [0.29, 0.717) is 0 Å². The molecule has 0 saturated carbocycles. The zero-order chi connectivity index (χ0) is 18.9. The molecule has 5 rings (SSSR count). The predicted molar refractivity (Wildman–Crippen MR) is 121 cm³/mol. The van der Waals surface area contributed by atoms with E-state index in [-0.39, 0.29) is 0 Å². The number of aromatic nitrogens is 1. The molecule has 136 valence electrons. The standard InChI is InChI=1S/C27H23N/c1-2-17-28-26-15-13-22(20-9-5-3-6-10-20)18-24(26)25-19-23(14-16-27(25)28)21-11-7-4-8-12-21/h3-16,18-19H,2,17H2,1H3. The molecule has 0 aliphatic carbocycles. The van der Waals surface area contributed by atoms with Gasteiger partial charge in [-0.15, -0.1) is 0 Å². The second kappa shape index (κ2) is 7.01. The first kappa shape index (κ1) is 16.8. The maximum Gasteiger partial charge on any atom is 0.0491 e. The molecule has 1 aromatic heterocycles. The molecule has 1 heterocycles. The third kappa shape index (κ3) is 2.80. The maximum atomic E-state index is 2.47. The molecule has 0 amide bonds. The highest BCUT2D eigenvalue weighted by Gasteiger charge is 2.12. The highest BCUT2D eigenvalue weighted by molar-refractivity contribution is 6.10. The van der Waals surface area contributed by atoms with Crippen LogP contribution in [0.1, 0.15) is 13.3 Å². The van der Waals surface area contributed by atoms with E-state index in [1.807, 2.05) is 0 Å². The van der Waals surface area contributed by atoms with Crippen molar-refractivity contribution in [3.8, 4) is 22.3 Å². The van der Waals surface area contributed by atoms with Crippen LogP contribution in [-0.4, -0.2) is 4.57 Å². The van der Waals surface area contributed by atoms with Crippen molar-refractivity contribution in [2.45, 2.75) is 19.9 Å². The number of rotatable bonds is 4. The molecule has 0 aliphatic heterocycles. The Kier molecular flexibility index (Phi) is 4.21. The lowest BCUT2D eigenvalue weighted by Gasteiger charge is -2.06. The minimum Gasteiger partial charge on any atom is -0.340 e. The van der Waals surface area contributed by atoms with E-state index in [0.717, 1.165) is 13.0 Å². The van der Waals surface area contributed by atoms with Gasteiger partial charge in [-0.1, -0.05) is 79.7 Å². The van der Waals surface area contributed by atoms with Gasteiger partial charge in [-0.3, -0.25) is 0 Å². The summed E-state index contributed by atoms with van der Waals surface area (Å²) >= 11 is 0. The van der Waals surface area contributed by atoms with Crippen LogP contribution in [0.3, 0.4) is 0 Å². The number of nitrogens with zero attached hydrogens (tertiary/aromatic N) is 1. The van der Waals surface area contributed by atoms with E-state index in [4.69, 9.17) is 0 Å². The fraction of sp³-hybridized carbons (Fsp3) is 0.111. The Morgan fingerprint density at radius 2 is 1.00 bits per heavy atom. The highest BCUT2D eigenvalue weighted by Crippen LogP contribution is 2.35. The van der Waals surface area contributed by atoms with Crippen molar-refractivity contribution in [1.82, 2.24) is 4.57 Å². The van der Waals surface area contributed by atoms with Crippen molar-refractivity contribution < 1.29 is 0 Å². The van der Waals surface area contributed by atoms with Crippen LogP contribution in [0.5, 0.6) is 0 Å². The van der Waals surface area contributed by atoms with Crippen LogP contribution in [0.2, 0.25) is 0 Å². The van der Waals surface area contributed by atoms with Crippen molar-refractivity contribution in [3.05, 3.63) is 97.1 Å². The first-order valence-corrected chi connectivity index (χ1v) is 10.0. The van der Waals surface area contributed by atoms with Gasteiger partial charge < -0.3 is 4.57 Å². The lowest BCUT2D eigenvalue weighted by molar-refractivity contribution is 0.724. The average Bonchev–Trinajstić information content (AvgIpc) is 3.08. The summed E-state index contributed by atoms with van der Waals surface area (Å²) in [6.45, 7) is 3.28. The molecule has 1 heteroatoms. The molecule has 0 atom stereocenters. The summed E-state index contributed by atoms with van der Waals surface area (Å²) in [5.41, 5.74) is 7.71. The molecule has 0 spiro atoms. The van der Waals surface area contributed by atoms with E-state index in [1.165, 1.54) is 44.1 Å². The smallest absolute Gasteiger partial charge is 0.0491 e. The van der Waals surface area contributed by atoms with Gasteiger partial charge >= 0.3 is 0 Å². The summed E-state index contributed by atoms with van der Waals surface area (Å²) in [6.07, 6.45) is 1.12. The van der Waals surface area contributed by atoms with Crippen LogP contribution >= 0.6 is 0 Å². The Hall–Kier alpha value is -3.32. The molecule has 28 heavy (non-hydrogen) atoms. The minimum atomic E-state index is 1.04. The fourth-order valence-corrected chi connectivity index (χ4v) is 4.19. The zero-order valence-electron chi connectivity index (χ0n) is 16.1. The number of hydrogen-bond donors (Lipinski definition) is 0. The Morgan fingerprint density at radius 1 is 0.536 bits per heavy atom. The van der Waals surface area contributed by atoms with Crippen molar-refractivity contribution in [3.63, 3.8) is 0 Å². The largest absolute Gasteiger partial charge is 0.340 e. The SMILES string of the molecule is CCCn1c2ccc(-c3ccccc3)cc2c2cc(-c3ccccc3)ccc21. The third-order valence-electron chi connectivity index (χ3n) is 5.53. The average molecular weight is 361 g/mol. The molecule has 5 aromatic rings. The molecular formula is C27H23N. The van der Waals surface area contributed by atoms with Crippen molar-refractivity contribution in [2.24, 2.45) is 0 Å². The number of benzene rings is 4. The van der Waals surface area contributed by atoms with E-state index in [1.54, 1.807) is 0 Å². The maximum absolute atomic E-state index is 2.47. The second-order valence-corrected chi connectivity index (χ2v) is 7.35.